The van der Waals surface area contributed by atoms with Crippen molar-refractivity contribution in [2.45, 2.75) is 25.3 Å². The number of methoxy groups -OCH3 is 1. The predicted molar refractivity (Wildman–Crippen MR) is 107 cm³/mol. The van der Waals surface area contributed by atoms with E-state index in [1.165, 1.54) is 4.88 Å². The second-order valence-corrected chi connectivity index (χ2v) is 7.56. The lowest BCUT2D eigenvalue weighted by molar-refractivity contribution is -0.120. The number of para-hydroxylation sites is 2. The minimum absolute atomic E-state index is 0.0517. The maximum absolute atomic E-state index is 13.2. The molecule has 144 valence electrons. The molecule has 0 aliphatic carbocycles. The number of hydrogen-bond acceptors (Lipinski definition) is 5. The molecular weight excluding hydrogens is 362 g/mol. The summed E-state index contributed by atoms with van der Waals surface area (Å²) in [6, 6.07) is 11.8. The molecule has 1 aliphatic heterocycles. The number of carbonyl (C=O) groups excluding carboxylic acids is 2. The molecule has 0 radical (unpaired) electrons. The molecule has 7 heteroatoms. The number of nitrogens with two attached hydrogens (primary N) is 1. The van der Waals surface area contributed by atoms with Gasteiger partial charge in [-0.1, -0.05) is 18.2 Å². The average molecular weight is 388 g/mol. The maximum atomic E-state index is 13.2. The lowest BCUT2D eigenvalue weighted by Gasteiger charge is -2.29. The van der Waals surface area contributed by atoms with Crippen LogP contribution in [0.4, 0.5) is 5.69 Å². The number of rotatable bonds is 8. The Morgan fingerprint density at radius 2 is 2.11 bits per heavy atom. The fraction of sp³-hybridized carbons (Fsp3) is 0.400. The van der Waals surface area contributed by atoms with Crippen LogP contribution >= 0.6 is 11.3 Å². The number of primary amides is 1. The Labute approximate surface area is 163 Å². The molecule has 1 unspecified atom stereocenters. The number of nitrogens with zero attached hydrogens (tertiary/aromatic N) is 2. The van der Waals surface area contributed by atoms with Crippen molar-refractivity contribution in [1.29, 1.82) is 0 Å². The van der Waals surface area contributed by atoms with Gasteiger partial charge in [0.25, 0.3) is 0 Å². The van der Waals surface area contributed by atoms with E-state index in [1.807, 2.05) is 30.3 Å². The van der Waals surface area contributed by atoms with Gasteiger partial charge < -0.3 is 15.4 Å². The molecule has 6 nitrogen and oxygen atoms in total. The fourth-order valence-electron chi connectivity index (χ4n) is 3.53. The first-order valence-corrected chi connectivity index (χ1v) is 9.97. The van der Waals surface area contributed by atoms with E-state index >= 15 is 0 Å². The molecule has 1 atom stereocenters. The molecule has 0 spiro atoms. The normalized spacial score (nSPS) is 17.0. The van der Waals surface area contributed by atoms with Gasteiger partial charge in [0.1, 0.15) is 5.75 Å². The summed E-state index contributed by atoms with van der Waals surface area (Å²) in [6.07, 6.45) is 2.24. The summed E-state index contributed by atoms with van der Waals surface area (Å²) in [5.74, 6) is 0.121. The van der Waals surface area contributed by atoms with Gasteiger partial charge in [0.15, 0.2) is 0 Å². The third-order valence-corrected chi connectivity index (χ3v) is 5.81. The third kappa shape index (κ3) is 4.67. The van der Waals surface area contributed by atoms with Crippen LogP contribution in [0, 0.1) is 0 Å². The monoisotopic (exact) mass is 387 g/mol. The van der Waals surface area contributed by atoms with Gasteiger partial charge in [-0.05, 0) is 43.0 Å². The summed E-state index contributed by atoms with van der Waals surface area (Å²) in [6.45, 7) is 1.44. The van der Waals surface area contributed by atoms with Gasteiger partial charge in [-0.15, -0.1) is 11.3 Å². The van der Waals surface area contributed by atoms with Crippen LogP contribution in [0.5, 0.6) is 5.75 Å². The number of likely N-dealkylation sites (tertiary alicyclic amines) is 1. The minimum atomic E-state index is -0.430. The standard InChI is InChI=1S/C20H25N3O3S/c1-26-17-8-3-2-6-15(17)23(12-10-19(21)24)20(25)14-22-11-4-7-16(22)18-9-5-13-27-18/h2-3,5-6,8-9,13,16H,4,7,10-12,14H2,1H3,(H2,21,24). The van der Waals surface area contributed by atoms with E-state index in [0.29, 0.717) is 18.0 Å². The quantitative estimate of drug-likeness (QED) is 0.756. The van der Waals surface area contributed by atoms with Crippen molar-refractivity contribution < 1.29 is 14.3 Å². The number of amides is 2. The van der Waals surface area contributed by atoms with Crippen LogP contribution in [0.1, 0.15) is 30.2 Å². The van der Waals surface area contributed by atoms with Gasteiger partial charge in [-0.25, -0.2) is 0 Å². The van der Waals surface area contributed by atoms with Crippen molar-refractivity contribution in [2.75, 3.05) is 31.6 Å². The number of hydrogen-bond donors (Lipinski definition) is 1. The van der Waals surface area contributed by atoms with E-state index in [4.69, 9.17) is 10.5 Å². The zero-order valence-electron chi connectivity index (χ0n) is 15.5. The summed E-state index contributed by atoms with van der Waals surface area (Å²) in [5, 5.41) is 2.07. The van der Waals surface area contributed by atoms with E-state index < -0.39 is 5.91 Å². The van der Waals surface area contributed by atoms with Gasteiger partial charge in [0.05, 0.1) is 19.3 Å². The van der Waals surface area contributed by atoms with E-state index in [-0.39, 0.29) is 24.9 Å². The Morgan fingerprint density at radius 1 is 1.30 bits per heavy atom. The smallest absolute Gasteiger partial charge is 0.241 e. The lowest BCUT2D eigenvalue weighted by atomic mass is 10.2. The van der Waals surface area contributed by atoms with Gasteiger partial charge in [-0.3, -0.25) is 14.5 Å². The zero-order valence-corrected chi connectivity index (χ0v) is 16.3. The SMILES string of the molecule is COc1ccccc1N(CCC(N)=O)C(=O)CN1CCCC1c1cccs1. The molecule has 0 bridgehead atoms. The van der Waals surface area contributed by atoms with Gasteiger partial charge in [0, 0.05) is 23.9 Å². The highest BCUT2D eigenvalue weighted by Gasteiger charge is 2.30. The molecule has 1 aliphatic rings. The van der Waals surface area contributed by atoms with E-state index in [2.05, 4.69) is 16.3 Å². The van der Waals surface area contributed by atoms with Crippen LogP contribution in [0.3, 0.4) is 0 Å². The number of carbonyl (C=O) groups is 2. The van der Waals surface area contributed by atoms with Crippen molar-refractivity contribution in [1.82, 2.24) is 4.90 Å². The van der Waals surface area contributed by atoms with Crippen molar-refractivity contribution in [3.05, 3.63) is 46.7 Å². The van der Waals surface area contributed by atoms with Crippen LogP contribution in [-0.4, -0.2) is 43.5 Å². The van der Waals surface area contributed by atoms with Crippen LogP contribution < -0.4 is 15.4 Å². The van der Waals surface area contributed by atoms with Crippen LogP contribution in [0.2, 0.25) is 0 Å². The summed E-state index contributed by atoms with van der Waals surface area (Å²) < 4.78 is 5.41. The summed E-state index contributed by atoms with van der Waals surface area (Å²) >= 11 is 1.73. The maximum Gasteiger partial charge on any atom is 0.241 e. The molecule has 0 saturated carbocycles. The topological polar surface area (TPSA) is 75.9 Å². The molecule has 1 aromatic carbocycles. The Hall–Kier alpha value is -2.38. The van der Waals surface area contributed by atoms with Crippen LogP contribution in [0.25, 0.3) is 0 Å². The molecule has 2 heterocycles. The van der Waals surface area contributed by atoms with E-state index in [0.717, 1.165) is 19.4 Å². The highest BCUT2D eigenvalue weighted by molar-refractivity contribution is 7.10. The zero-order chi connectivity index (χ0) is 19.2. The Kier molecular flexibility index (Phi) is 6.47. The molecule has 3 rings (SSSR count). The first-order chi connectivity index (χ1) is 13.1. The van der Waals surface area contributed by atoms with Crippen molar-refractivity contribution in [3.63, 3.8) is 0 Å². The number of ether oxygens (including phenoxy) is 1. The lowest BCUT2D eigenvalue weighted by Crippen LogP contribution is -2.41. The molecular formula is C20H25N3O3S. The van der Waals surface area contributed by atoms with Crippen molar-refractivity contribution >= 4 is 28.8 Å². The summed E-state index contributed by atoms with van der Waals surface area (Å²) in [7, 11) is 1.57. The second kappa shape index (κ2) is 9.01. The third-order valence-electron chi connectivity index (χ3n) is 4.83. The van der Waals surface area contributed by atoms with Crippen LogP contribution in [-0.2, 0) is 9.59 Å². The van der Waals surface area contributed by atoms with Crippen molar-refractivity contribution in [3.8, 4) is 5.75 Å². The Balaban J connectivity index is 1.79. The first-order valence-electron chi connectivity index (χ1n) is 9.09. The molecule has 2 amide bonds. The fourth-order valence-corrected chi connectivity index (χ4v) is 4.43. The minimum Gasteiger partial charge on any atom is -0.495 e. The molecule has 1 aromatic heterocycles. The first kappa shape index (κ1) is 19.4. The molecule has 27 heavy (non-hydrogen) atoms. The van der Waals surface area contributed by atoms with Gasteiger partial charge in [0.2, 0.25) is 11.8 Å². The Morgan fingerprint density at radius 3 is 2.81 bits per heavy atom. The largest absolute Gasteiger partial charge is 0.495 e. The predicted octanol–water partition coefficient (Wildman–Crippen LogP) is 2.80. The highest BCUT2D eigenvalue weighted by Crippen LogP contribution is 2.35. The summed E-state index contributed by atoms with van der Waals surface area (Å²) in [5.41, 5.74) is 5.99. The number of thiophene rings is 1. The summed E-state index contributed by atoms with van der Waals surface area (Å²) in [4.78, 5) is 29.6. The Bertz CT molecular complexity index is 779. The van der Waals surface area contributed by atoms with Crippen molar-refractivity contribution in [2.24, 2.45) is 5.73 Å². The molecule has 2 N–H and O–H groups in total. The van der Waals surface area contributed by atoms with Crippen LogP contribution in [0.15, 0.2) is 41.8 Å². The average Bonchev–Trinajstić information content (AvgIpc) is 3.33. The second-order valence-electron chi connectivity index (χ2n) is 6.58. The molecule has 1 saturated heterocycles. The van der Waals surface area contributed by atoms with E-state index in [9.17, 15) is 9.59 Å². The van der Waals surface area contributed by atoms with Gasteiger partial charge >= 0.3 is 0 Å². The molecule has 2 aromatic rings. The molecule has 1 fully saturated rings. The number of benzene rings is 1. The highest BCUT2D eigenvalue weighted by atomic mass is 32.1. The van der Waals surface area contributed by atoms with E-state index in [1.54, 1.807) is 23.3 Å². The van der Waals surface area contributed by atoms with Gasteiger partial charge in [-0.2, -0.15) is 0 Å². The number of anilines is 1.